The summed E-state index contributed by atoms with van der Waals surface area (Å²) in [4.78, 5) is 0. The minimum atomic E-state index is 0.811. The van der Waals surface area contributed by atoms with E-state index < -0.39 is 0 Å². The van der Waals surface area contributed by atoms with E-state index in [0.29, 0.717) is 0 Å². The largest absolute Gasteiger partial charge is 0.317 e. The summed E-state index contributed by atoms with van der Waals surface area (Å²) >= 11 is 0. The smallest absolute Gasteiger partial charge is 0.00173 e. The Kier molecular flexibility index (Phi) is 5.91. The molecule has 0 saturated heterocycles. The molecule has 1 aromatic carbocycles. The minimum absolute atomic E-state index is 0.811. The fourth-order valence-electron chi connectivity index (χ4n) is 3.36. The Labute approximate surface area is 118 Å². The first kappa shape index (κ1) is 14.6. The van der Waals surface area contributed by atoms with Crippen molar-refractivity contribution in [3.05, 3.63) is 35.4 Å². The van der Waals surface area contributed by atoms with Crippen molar-refractivity contribution in [2.24, 2.45) is 11.8 Å². The summed E-state index contributed by atoms with van der Waals surface area (Å²) in [5.41, 5.74) is 2.87. The lowest BCUT2D eigenvalue weighted by Gasteiger charge is -2.21. The number of hydrogen-bond donors (Lipinski definition) is 1. The summed E-state index contributed by atoms with van der Waals surface area (Å²) in [6, 6.07) is 9.11. The highest BCUT2D eigenvalue weighted by Crippen LogP contribution is 2.31. The summed E-state index contributed by atoms with van der Waals surface area (Å²) in [6.07, 6.45) is 8.52. The van der Waals surface area contributed by atoms with Gasteiger partial charge in [-0.15, -0.1) is 0 Å². The van der Waals surface area contributed by atoms with Gasteiger partial charge in [0.2, 0.25) is 0 Å². The zero-order valence-electron chi connectivity index (χ0n) is 12.6. The maximum Gasteiger partial charge on any atom is -0.00173 e. The standard InChI is InChI=1S/C18H29N/c1-3-19-14-18(12-16-6-4-5-7-16)13-17-10-8-15(2)9-11-17/h8-11,16,18-19H,3-7,12-14H2,1-2H3. The average molecular weight is 259 g/mol. The van der Waals surface area contributed by atoms with Gasteiger partial charge in [-0.3, -0.25) is 0 Å². The third-order valence-electron chi connectivity index (χ3n) is 4.47. The van der Waals surface area contributed by atoms with Gasteiger partial charge >= 0.3 is 0 Å². The van der Waals surface area contributed by atoms with Crippen LogP contribution in [-0.2, 0) is 6.42 Å². The van der Waals surface area contributed by atoms with Gasteiger partial charge in [0.1, 0.15) is 0 Å². The fraction of sp³-hybridized carbons (Fsp3) is 0.667. The van der Waals surface area contributed by atoms with Crippen LogP contribution in [0.3, 0.4) is 0 Å². The Morgan fingerprint density at radius 2 is 1.84 bits per heavy atom. The van der Waals surface area contributed by atoms with Crippen molar-refractivity contribution in [3.8, 4) is 0 Å². The maximum absolute atomic E-state index is 3.55. The molecule has 19 heavy (non-hydrogen) atoms. The first-order valence-electron chi connectivity index (χ1n) is 8.04. The SMILES string of the molecule is CCNCC(Cc1ccc(C)cc1)CC1CCCC1. The molecule has 1 saturated carbocycles. The molecule has 106 valence electrons. The van der Waals surface area contributed by atoms with Crippen molar-refractivity contribution in [2.75, 3.05) is 13.1 Å². The summed E-state index contributed by atoms with van der Waals surface area (Å²) < 4.78 is 0. The van der Waals surface area contributed by atoms with Crippen LogP contribution in [0.15, 0.2) is 24.3 Å². The first-order valence-corrected chi connectivity index (χ1v) is 8.04. The van der Waals surface area contributed by atoms with Crippen molar-refractivity contribution in [1.82, 2.24) is 5.32 Å². The van der Waals surface area contributed by atoms with E-state index in [1.807, 2.05) is 0 Å². The third kappa shape index (κ3) is 4.99. The highest BCUT2D eigenvalue weighted by Gasteiger charge is 2.20. The summed E-state index contributed by atoms with van der Waals surface area (Å²) in [6.45, 7) is 6.65. The molecular weight excluding hydrogens is 230 g/mol. The molecule has 1 fully saturated rings. The second-order valence-corrected chi connectivity index (χ2v) is 6.25. The zero-order chi connectivity index (χ0) is 13.5. The van der Waals surface area contributed by atoms with E-state index in [1.54, 1.807) is 0 Å². The van der Waals surface area contributed by atoms with Gasteiger partial charge in [-0.2, -0.15) is 0 Å². The molecule has 0 spiro atoms. The molecule has 1 N–H and O–H groups in total. The fourth-order valence-corrected chi connectivity index (χ4v) is 3.36. The zero-order valence-corrected chi connectivity index (χ0v) is 12.6. The van der Waals surface area contributed by atoms with Crippen LogP contribution in [0, 0.1) is 18.8 Å². The molecule has 0 aromatic heterocycles. The summed E-state index contributed by atoms with van der Waals surface area (Å²) in [5.74, 6) is 1.81. The molecular formula is C18H29N. The molecule has 1 aromatic rings. The topological polar surface area (TPSA) is 12.0 Å². The Morgan fingerprint density at radius 1 is 1.16 bits per heavy atom. The van der Waals surface area contributed by atoms with Crippen molar-refractivity contribution in [2.45, 2.75) is 52.4 Å². The van der Waals surface area contributed by atoms with E-state index in [1.165, 1.54) is 56.2 Å². The molecule has 0 radical (unpaired) electrons. The number of benzene rings is 1. The monoisotopic (exact) mass is 259 g/mol. The molecule has 0 amide bonds. The number of nitrogens with one attached hydrogen (secondary N) is 1. The van der Waals surface area contributed by atoms with Gasteiger partial charge in [-0.1, -0.05) is 62.4 Å². The third-order valence-corrected chi connectivity index (χ3v) is 4.47. The first-order chi connectivity index (χ1) is 9.28. The van der Waals surface area contributed by atoms with Crippen LogP contribution in [0.5, 0.6) is 0 Å². The summed E-state index contributed by atoms with van der Waals surface area (Å²) in [5, 5.41) is 3.55. The van der Waals surface area contributed by atoms with Crippen molar-refractivity contribution in [3.63, 3.8) is 0 Å². The van der Waals surface area contributed by atoms with Gasteiger partial charge in [0.25, 0.3) is 0 Å². The van der Waals surface area contributed by atoms with Crippen LogP contribution in [0.25, 0.3) is 0 Å². The summed E-state index contributed by atoms with van der Waals surface area (Å²) in [7, 11) is 0. The molecule has 0 heterocycles. The van der Waals surface area contributed by atoms with Crippen LogP contribution >= 0.6 is 0 Å². The van der Waals surface area contributed by atoms with E-state index in [4.69, 9.17) is 0 Å². The molecule has 0 bridgehead atoms. The van der Waals surface area contributed by atoms with Gasteiger partial charge in [-0.25, -0.2) is 0 Å². The average Bonchev–Trinajstić information content (AvgIpc) is 2.91. The lowest BCUT2D eigenvalue weighted by Crippen LogP contribution is -2.25. The molecule has 1 unspecified atom stereocenters. The molecule has 1 heteroatoms. The normalized spacial score (nSPS) is 17.8. The minimum Gasteiger partial charge on any atom is -0.317 e. The number of hydrogen-bond acceptors (Lipinski definition) is 1. The lowest BCUT2D eigenvalue weighted by atomic mass is 9.88. The van der Waals surface area contributed by atoms with Crippen LogP contribution in [0.4, 0.5) is 0 Å². The quantitative estimate of drug-likeness (QED) is 0.768. The van der Waals surface area contributed by atoms with E-state index >= 15 is 0 Å². The predicted octanol–water partition coefficient (Wildman–Crippen LogP) is 4.34. The van der Waals surface area contributed by atoms with Crippen LogP contribution in [-0.4, -0.2) is 13.1 Å². The Balaban J connectivity index is 1.89. The van der Waals surface area contributed by atoms with Gasteiger partial charge < -0.3 is 5.32 Å². The lowest BCUT2D eigenvalue weighted by molar-refractivity contribution is 0.359. The molecule has 2 rings (SSSR count). The highest BCUT2D eigenvalue weighted by atomic mass is 14.8. The molecule has 1 aliphatic carbocycles. The van der Waals surface area contributed by atoms with Gasteiger partial charge in [0.05, 0.1) is 0 Å². The van der Waals surface area contributed by atoms with Crippen molar-refractivity contribution >= 4 is 0 Å². The van der Waals surface area contributed by atoms with E-state index in [0.717, 1.165) is 18.4 Å². The van der Waals surface area contributed by atoms with E-state index in [2.05, 4.69) is 43.4 Å². The van der Waals surface area contributed by atoms with Crippen LogP contribution in [0.2, 0.25) is 0 Å². The molecule has 1 atom stereocenters. The maximum atomic E-state index is 3.55. The highest BCUT2D eigenvalue weighted by molar-refractivity contribution is 5.21. The van der Waals surface area contributed by atoms with Crippen LogP contribution < -0.4 is 5.32 Å². The molecule has 0 aliphatic heterocycles. The van der Waals surface area contributed by atoms with Crippen LogP contribution in [0.1, 0.15) is 50.2 Å². The number of rotatable bonds is 7. The Hall–Kier alpha value is -0.820. The van der Waals surface area contributed by atoms with E-state index in [9.17, 15) is 0 Å². The van der Waals surface area contributed by atoms with Crippen molar-refractivity contribution < 1.29 is 0 Å². The Bertz CT molecular complexity index is 348. The molecule has 1 aliphatic rings. The van der Waals surface area contributed by atoms with Crippen molar-refractivity contribution in [1.29, 1.82) is 0 Å². The Morgan fingerprint density at radius 3 is 2.47 bits per heavy atom. The predicted molar refractivity (Wildman–Crippen MR) is 83.5 cm³/mol. The van der Waals surface area contributed by atoms with E-state index in [-0.39, 0.29) is 0 Å². The number of aryl methyl sites for hydroxylation is 1. The second-order valence-electron chi connectivity index (χ2n) is 6.25. The van der Waals surface area contributed by atoms with Gasteiger partial charge in [-0.05, 0) is 50.3 Å². The van der Waals surface area contributed by atoms with Gasteiger partial charge in [0.15, 0.2) is 0 Å². The molecule has 1 nitrogen and oxygen atoms in total. The second kappa shape index (κ2) is 7.69. The van der Waals surface area contributed by atoms with Gasteiger partial charge in [0, 0.05) is 0 Å².